The van der Waals surface area contributed by atoms with Crippen LogP contribution in [0.25, 0.3) is 0 Å². The molecule has 0 saturated heterocycles. The van der Waals surface area contributed by atoms with Crippen molar-refractivity contribution in [3.8, 4) is 0 Å². The molecule has 0 atom stereocenters. The van der Waals surface area contributed by atoms with Crippen LogP contribution in [0.4, 0.5) is 0 Å². The van der Waals surface area contributed by atoms with Gasteiger partial charge in [-0.1, -0.05) is 26.2 Å². The van der Waals surface area contributed by atoms with Crippen molar-refractivity contribution in [2.75, 3.05) is 0 Å². The van der Waals surface area contributed by atoms with Crippen molar-refractivity contribution < 1.29 is 27.4 Å². The standard InChI is InChI=1S/C7H22O3Si3.C4H12Si.3C3H10OSi.I2/c1-11(2,3)9-13(6,7)10-12(4,5)8;4*1-5(2,3)4;1-2/h8H,1-7H3;1-4H3;3*4H,1-3H3;. The SMILES string of the molecule is C[Si](C)(C)C.C[Si](C)(C)O.C[Si](C)(C)O.C[Si](C)(C)O.C[Si](C)(C)O[Si](C)(C)O[Si](C)(C)O.II. The summed E-state index contributed by atoms with van der Waals surface area (Å²) in [6.45, 7) is 40.2. The quantitative estimate of drug-likeness (QED) is 0.168. The molecule has 0 radical (unpaired) electrons. The van der Waals surface area contributed by atoms with Crippen LogP contribution in [0.1, 0.15) is 0 Å². The highest BCUT2D eigenvalue weighted by Gasteiger charge is 2.37. The average Bonchev–Trinajstić information content (AvgIpc) is 2.25. The molecule has 0 saturated carbocycles. The molecule has 0 bridgehead atoms. The maximum atomic E-state index is 9.64. The Hall–Kier alpha value is 2.74. The normalized spacial score (nSPS) is 12.5. The molecule has 0 heterocycles. The summed E-state index contributed by atoms with van der Waals surface area (Å²) in [6, 6.07) is 0. The van der Waals surface area contributed by atoms with Gasteiger partial charge in [0, 0.05) is 45.3 Å². The monoisotopic (exact) mass is 850 g/mol. The van der Waals surface area contributed by atoms with Gasteiger partial charge in [0.05, 0.1) is 0 Å². The van der Waals surface area contributed by atoms with Gasteiger partial charge in [0.25, 0.3) is 0 Å². The highest BCUT2D eigenvalue weighted by atomic mass is 128. The van der Waals surface area contributed by atoms with Crippen molar-refractivity contribution in [2.24, 2.45) is 0 Å². The smallest absolute Gasteiger partial charge is 0.320 e. The van der Waals surface area contributed by atoms with Crippen molar-refractivity contribution in [3.05, 3.63) is 0 Å². The second kappa shape index (κ2) is 21.5. The molecule has 15 heteroatoms. The minimum atomic E-state index is -2.43. The summed E-state index contributed by atoms with van der Waals surface area (Å²) in [5.41, 5.74) is 0. The van der Waals surface area contributed by atoms with Gasteiger partial charge in [0.2, 0.25) is 0 Å². The van der Waals surface area contributed by atoms with Crippen LogP contribution in [0.3, 0.4) is 0 Å². The van der Waals surface area contributed by atoms with Gasteiger partial charge < -0.3 is 27.4 Å². The topological polar surface area (TPSA) is 99.4 Å². The molecule has 0 aromatic heterocycles. The van der Waals surface area contributed by atoms with Gasteiger partial charge in [-0.15, -0.1) is 0 Å². The van der Waals surface area contributed by atoms with Crippen molar-refractivity contribution in [1.82, 2.24) is 0 Å². The summed E-state index contributed by atoms with van der Waals surface area (Å²) in [5.74, 6) is 0. The maximum absolute atomic E-state index is 9.64. The summed E-state index contributed by atoms with van der Waals surface area (Å²) in [7, 11) is -11.5. The lowest BCUT2D eigenvalue weighted by atomic mass is 11.8. The number of halogens is 2. The zero-order chi connectivity index (χ0) is 30.9. The van der Waals surface area contributed by atoms with E-state index < -0.39 is 58.5 Å². The van der Waals surface area contributed by atoms with E-state index in [1.807, 2.05) is 72.0 Å². The fraction of sp³-hybridized carbons (Fsp3) is 1.00. The second-order valence-corrected chi connectivity index (χ2v) is 45.3. The van der Waals surface area contributed by atoms with E-state index in [1.165, 1.54) is 0 Å². The van der Waals surface area contributed by atoms with E-state index in [0.29, 0.717) is 0 Å². The van der Waals surface area contributed by atoms with Gasteiger partial charge in [0.1, 0.15) is 0 Å². The first-order valence-corrected chi connectivity index (χ1v) is 41.6. The molecule has 0 aromatic rings. The Bertz CT molecular complexity index is 385. The summed E-state index contributed by atoms with van der Waals surface area (Å²) < 4.78 is 11.6. The van der Waals surface area contributed by atoms with Crippen LogP contribution >= 0.6 is 37.2 Å². The Labute approximate surface area is 251 Å². The van der Waals surface area contributed by atoms with Gasteiger partial charge in [0.15, 0.2) is 33.3 Å². The van der Waals surface area contributed by atoms with Crippen LogP contribution in [0.15, 0.2) is 0 Å². The summed E-state index contributed by atoms with van der Waals surface area (Å²) in [4.78, 5) is 35.6. The van der Waals surface area contributed by atoms with Crippen LogP contribution in [0.5, 0.6) is 0 Å². The first kappa shape index (κ1) is 50.6. The minimum absolute atomic E-state index is 0.611. The average molecular weight is 851 g/mol. The molecule has 6 nitrogen and oxygen atoms in total. The summed E-state index contributed by atoms with van der Waals surface area (Å²) >= 11 is 4.24. The largest absolute Gasteiger partial charge is 0.437 e. The molecule has 0 amide bonds. The highest BCUT2D eigenvalue weighted by Crippen LogP contribution is 2.18. The highest BCUT2D eigenvalue weighted by molar-refractivity contribution is 15.0. The molecular formula is C20H64I2O6Si7. The number of hydrogen-bond acceptors (Lipinski definition) is 6. The van der Waals surface area contributed by atoms with Crippen molar-refractivity contribution in [2.45, 2.75) is 131 Å². The van der Waals surface area contributed by atoms with Crippen LogP contribution < -0.4 is 0 Å². The Morgan fingerprint density at radius 1 is 0.400 bits per heavy atom. The third kappa shape index (κ3) is 204. The summed E-state index contributed by atoms with van der Waals surface area (Å²) in [6.07, 6.45) is 0. The molecule has 0 aliphatic heterocycles. The Kier molecular flexibility index (Phi) is 31.0. The van der Waals surface area contributed by atoms with E-state index in [1.54, 1.807) is 13.1 Å². The molecule has 0 unspecified atom stereocenters. The first-order valence-electron chi connectivity index (χ1n) is 11.9. The van der Waals surface area contributed by atoms with E-state index in [9.17, 15) is 4.80 Å². The van der Waals surface area contributed by atoms with E-state index in [4.69, 9.17) is 22.6 Å². The Balaban J connectivity index is -0.0000000804. The van der Waals surface area contributed by atoms with Crippen molar-refractivity contribution >= 4 is 95.7 Å². The zero-order valence-corrected chi connectivity index (χ0v) is 38.2. The lowest BCUT2D eigenvalue weighted by Gasteiger charge is -2.34. The molecule has 0 fully saturated rings. The molecule has 0 aromatic carbocycles. The van der Waals surface area contributed by atoms with Gasteiger partial charge in [-0.2, -0.15) is 0 Å². The van der Waals surface area contributed by atoms with Crippen LogP contribution in [0.2, 0.25) is 131 Å². The fourth-order valence-corrected chi connectivity index (χ4v) is 12.6. The molecule has 222 valence electrons. The van der Waals surface area contributed by atoms with Crippen LogP contribution in [-0.2, 0) is 8.23 Å². The third-order valence-electron chi connectivity index (χ3n) is 1.05. The van der Waals surface area contributed by atoms with Gasteiger partial charge >= 0.3 is 17.1 Å². The first-order chi connectivity index (χ1) is 14.4. The van der Waals surface area contributed by atoms with E-state index in [2.05, 4.69) is 83.1 Å². The van der Waals surface area contributed by atoms with Gasteiger partial charge in [-0.3, -0.25) is 0 Å². The lowest BCUT2D eigenvalue weighted by Crippen LogP contribution is -2.51. The molecule has 0 rings (SSSR count). The third-order valence-corrected chi connectivity index (χ3v) is 9.43. The van der Waals surface area contributed by atoms with Gasteiger partial charge in [-0.05, 0) is 105 Å². The van der Waals surface area contributed by atoms with Crippen LogP contribution in [-0.4, -0.2) is 77.6 Å². The Morgan fingerprint density at radius 2 is 0.543 bits per heavy atom. The van der Waals surface area contributed by atoms with Crippen molar-refractivity contribution in [1.29, 1.82) is 0 Å². The predicted molar refractivity (Wildman–Crippen MR) is 197 cm³/mol. The molecule has 0 spiro atoms. The fourth-order valence-electron chi connectivity index (χ4n) is 1.36. The zero-order valence-electron chi connectivity index (χ0n) is 26.9. The summed E-state index contributed by atoms with van der Waals surface area (Å²) in [5, 5.41) is 0. The predicted octanol–water partition coefficient (Wildman–Crippen LogP) is 8.42. The molecule has 0 aliphatic carbocycles. The van der Waals surface area contributed by atoms with E-state index in [0.717, 1.165) is 0 Å². The molecular weight excluding hydrogens is 787 g/mol. The molecule has 35 heavy (non-hydrogen) atoms. The lowest BCUT2D eigenvalue weighted by molar-refractivity contribution is 0.326. The molecule has 0 aliphatic rings. The van der Waals surface area contributed by atoms with Crippen LogP contribution in [0, 0.1) is 0 Å². The molecule has 4 N–H and O–H groups in total. The Morgan fingerprint density at radius 3 is 0.629 bits per heavy atom. The maximum Gasteiger partial charge on any atom is 0.320 e. The number of hydrogen-bond donors (Lipinski definition) is 4. The van der Waals surface area contributed by atoms with E-state index >= 15 is 0 Å². The minimum Gasteiger partial charge on any atom is -0.437 e. The van der Waals surface area contributed by atoms with E-state index in [-0.39, 0.29) is 0 Å². The van der Waals surface area contributed by atoms with Crippen molar-refractivity contribution in [3.63, 3.8) is 0 Å². The second-order valence-electron chi connectivity index (χ2n) is 14.7. The number of rotatable bonds is 4. The van der Waals surface area contributed by atoms with Gasteiger partial charge in [-0.25, -0.2) is 0 Å².